The lowest BCUT2D eigenvalue weighted by atomic mass is 9.81. The van der Waals surface area contributed by atoms with Crippen LogP contribution < -0.4 is 0 Å². The van der Waals surface area contributed by atoms with E-state index in [9.17, 15) is 15.0 Å². The minimum Gasteiger partial charge on any atom is -0.392 e. The van der Waals surface area contributed by atoms with Crippen LogP contribution in [0.5, 0.6) is 0 Å². The average molecular weight is 204 g/mol. The molecule has 0 amide bonds. The van der Waals surface area contributed by atoms with Crippen molar-refractivity contribution in [3.63, 3.8) is 0 Å². The second-order valence-corrected chi connectivity index (χ2v) is 4.68. The van der Waals surface area contributed by atoms with E-state index < -0.39 is 29.6 Å². The topological polar surface area (TPSA) is 76.0 Å². The number of hydrogen-bond acceptors (Lipinski definition) is 5. The molecular formula is C9H16O5. The fraction of sp³-hybridized carbons (Fsp3) is 0.889. The third-order valence-electron chi connectivity index (χ3n) is 2.40. The Morgan fingerprint density at radius 1 is 1.36 bits per heavy atom. The molecule has 2 atom stereocenters. The van der Waals surface area contributed by atoms with Crippen molar-refractivity contribution in [2.24, 2.45) is 11.3 Å². The third-order valence-corrected chi connectivity index (χ3v) is 2.40. The summed E-state index contributed by atoms with van der Waals surface area (Å²) in [5, 5.41) is 19.4. The summed E-state index contributed by atoms with van der Waals surface area (Å²) in [4.78, 5) is 10.4. The highest BCUT2D eigenvalue weighted by molar-refractivity contribution is 5.65. The van der Waals surface area contributed by atoms with Crippen LogP contribution in [0.4, 0.5) is 4.79 Å². The van der Waals surface area contributed by atoms with Crippen molar-refractivity contribution in [3.8, 4) is 0 Å². The standard InChI is InChI=1S/C9H16O5/c1-5(6(10)8(2,3)4)9(12)13-7(11)14-9/h5-6,10,12H,1-4H3. The Balaban J connectivity index is 2.66. The lowest BCUT2D eigenvalue weighted by Gasteiger charge is -2.42. The van der Waals surface area contributed by atoms with Gasteiger partial charge in [-0.2, -0.15) is 0 Å². The molecule has 1 aliphatic heterocycles. The van der Waals surface area contributed by atoms with Crippen molar-refractivity contribution in [1.82, 2.24) is 0 Å². The predicted octanol–water partition coefficient (Wildman–Crippen LogP) is 0.842. The number of aliphatic hydroxyl groups excluding tert-OH is 1. The minimum atomic E-state index is -1.97. The Hall–Kier alpha value is -0.810. The van der Waals surface area contributed by atoms with E-state index in [1.54, 1.807) is 6.92 Å². The fourth-order valence-electron chi connectivity index (χ4n) is 1.38. The van der Waals surface area contributed by atoms with Gasteiger partial charge >= 0.3 is 12.1 Å². The van der Waals surface area contributed by atoms with Crippen LogP contribution in [0.25, 0.3) is 0 Å². The summed E-state index contributed by atoms with van der Waals surface area (Å²) in [7, 11) is 0. The molecule has 1 heterocycles. The van der Waals surface area contributed by atoms with Crippen molar-refractivity contribution >= 4 is 6.16 Å². The van der Waals surface area contributed by atoms with Gasteiger partial charge in [-0.25, -0.2) is 4.79 Å². The van der Waals surface area contributed by atoms with Gasteiger partial charge in [-0.3, -0.25) is 0 Å². The number of ether oxygens (including phenoxy) is 2. The molecular weight excluding hydrogens is 188 g/mol. The first-order valence-corrected chi connectivity index (χ1v) is 4.49. The second kappa shape index (κ2) is 3.10. The smallest absolute Gasteiger partial charge is 0.392 e. The van der Waals surface area contributed by atoms with Crippen molar-refractivity contribution in [2.45, 2.75) is 39.8 Å². The normalized spacial score (nSPS) is 24.3. The Morgan fingerprint density at radius 3 is 2.07 bits per heavy atom. The highest BCUT2D eigenvalue weighted by Gasteiger charge is 2.56. The van der Waals surface area contributed by atoms with E-state index in [2.05, 4.69) is 9.47 Å². The highest BCUT2D eigenvalue weighted by atomic mass is 17.0. The molecule has 0 aromatic rings. The van der Waals surface area contributed by atoms with E-state index in [1.807, 2.05) is 20.8 Å². The summed E-state index contributed by atoms with van der Waals surface area (Å²) in [5.41, 5.74) is -0.416. The van der Waals surface area contributed by atoms with Crippen LogP contribution >= 0.6 is 0 Å². The molecule has 5 nitrogen and oxygen atoms in total. The van der Waals surface area contributed by atoms with Crippen molar-refractivity contribution in [1.29, 1.82) is 0 Å². The van der Waals surface area contributed by atoms with Gasteiger partial charge < -0.3 is 19.7 Å². The van der Waals surface area contributed by atoms with Gasteiger partial charge in [-0.05, 0) is 12.3 Å². The summed E-state index contributed by atoms with van der Waals surface area (Å²) >= 11 is 0. The highest BCUT2D eigenvalue weighted by Crippen LogP contribution is 2.37. The van der Waals surface area contributed by atoms with E-state index in [0.29, 0.717) is 0 Å². The Morgan fingerprint density at radius 2 is 1.79 bits per heavy atom. The van der Waals surface area contributed by atoms with Crippen LogP contribution in [0.3, 0.4) is 0 Å². The maximum absolute atomic E-state index is 10.4. The summed E-state index contributed by atoms with van der Waals surface area (Å²) < 4.78 is 8.88. The van der Waals surface area contributed by atoms with Crippen LogP contribution in [0.15, 0.2) is 0 Å². The molecule has 1 saturated heterocycles. The molecule has 0 saturated carbocycles. The van der Waals surface area contributed by atoms with Crippen molar-refractivity contribution < 1.29 is 24.5 Å². The summed E-state index contributed by atoms with van der Waals surface area (Å²) in [6, 6.07) is 0. The van der Waals surface area contributed by atoms with Gasteiger partial charge in [0.1, 0.15) is 0 Å². The zero-order valence-electron chi connectivity index (χ0n) is 8.77. The van der Waals surface area contributed by atoms with Crippen LogP contribution in [0.2, 0.25) is 0 Å². The fourth-order valence-corrected chi connectivity index (χ4v) is 1.38. The van der Waals surface area contributed by atoms with Crippen LogP contribution in [-0.4, -0.2) is 28.4 Å². The molecule has 82 valence electrons. The Bertz CT molecular complexity index is 234. The lowest BCUT2D eigenvalue weighted by molar-refractivity contribution is -0.418. The number of carbonyl (C=O) groups excluding carboxylic acids is 1. The van der Waals surface area contributed by atoms with Gasteiger partial charge in [0.05, 0.1) is 12.0 Å². The molecule has 0 aliphatic carbocycles. The monoisotopic (exact) mass is 204 g/mol. The average Bonchev–Trinajstić information content (AvgIpc) is 1.97. The molecule has 0 aromatic heterocycles. The number of hydrogen-bond donors (Lipinski definition) is 2. The van der Waals surface area contributed by atoms with Gasteiger partial charge in [-0.15, -0.1) is 0 Å². The zero-order chi connectivity index (χ0) is 11.1. The number of cyclic esters (lactones) is 2. The molecule has 1 fully saturated rings. The molecule has 1 aliphatic rings. The zero-order valence-corrected chi connectivity index (χ0v) is 8.77. The largest absolute Gasteiger partial charge is 0.518 e. The van der Waals surface area contributed by atoms with Crippen molar-refractivity contribution in [3.05, 3.63) is 0 Å². The van der Waals surface area contributed by atoms with E-state index in [-0.39, 0.29) is 0 Å². The molecule has 5 heteroatoms. The third kappa shape index (κ3) is 1.83. The maximum Gasteiger partial charge on any atom is 0.518 e. The second-order valence-electron chi connectivity index (χ2n) is 4.68. The molecule has 14 heavy (non-hydrogen) atoms. The Kier molecular flexibility index (Phi) is 2.49. The molecule has 0 bridgehead atoms. The lowest BCUT2D eigenvalue weighted by Crippen LogP contribution is -2.59. The van der Waals surface area contributed by atoms with Gasteiger partial charge in [0.15, 0.2) is 0 Å². The van der Waals surface area contributed by atoms with Crippen LogP contribution in [-0.2, 0) is 9.47 Å². The van der Waals surface area contributed by atoms with Crippen LogP contribution in [0.1, 0.15) is 27.7 Å². The quantitative estimate of drug-likeness (QED) is 0.652. The van der Waals surface area contributed by atoms with Gasteiger partial charge in [0.25, 0.3) is 0 Å². The minimum absolute atomic E-state index is 0.416. The first-order valence-electron chi connectivity index (χ1n) is 4.49. The first kappa shape index (κ1) is 11.3. The van der Waals surface area contributed by atoms with Crippen LogP contribution in [0, 0.1) is 11.3 Å². The van der Waals surface area contributed by atoms with E-state index >= 15 is 0 Å². The van der Waals surface area contributed by atoms with Gasteiger partial charge in [0, 0.05) is 0 Å². The summed E-state index contributed by atoms with van der Waals surface area (Å²) in [6.45, 7) is 7.01. The molecule has 2 unspecified atom stereocenters. The molecule has 0 aromatic carbocycles. The SMILES string of the molecule is CC(C(O)C(C)(C)C)C1(O)OC(=O)O1. The van der Waals surface area contributed by atoms with Gasteiger partial charge in [-0.1, -0.05) is 20.8 Å². The first-order chi connectivity index (χ1) is 6.17. The maximum atomic E-state index is 10.4. The molecule has 2 N–H and O–H groups in total. The predicted molar refractivity (Wildman–Crippen MR) is 47.1 cm³/mol. The van der Waals surface area contributed by atoms with Gasteiger partial charge in [0.2, 0.25) is 0 Å². The van der Waals surface area contributed by atoms with Crippen molar-refractivity contribution in [2.75, 3.05) is 0 Å². The molecule has 0 radical (unpaired) electrons. The number of rotatable bonds is 2. The van der Waals surface area contributed by atoms with E-state index in [1.165, 1.54) is 0 Å². The molecule has 0 spiro atoms. The number of carbonyl (C=O) groups is 1. The molecule has 1 rings (SSSR count). The van der Waals surface area contributed by atoms with E-state index in [4.69, 9.17) is 0 Å². The number of aliphatic hydroxyl groups is 2. The summed E-state index contributed by atoms with van der Waals surface area (Å²) in [5.74, 6) is -2.66. The summed E-state index contributed by atoms with van der Waals surface area (Å²) in [6.07, 6.45) is -1.75. The van der Waals surface area contributed by atoms with E-state index in [0.717, 1.165) is 0 Å². The Labute approximate surface area is 82.6 Å².